The lowest BCUT2D eigenvalue weighted by Gasteiger charge is -2.03. The molecule has 2 aromatic rings. The van der Waals surface area contributed by atoms with E-state index in [0.29, 0.717) is 6.61 Å². The Hall–Kier alpha value is -1.57. The zero-order valence-corrected chi connectivity index (χ0v) is 7.53. The first kappa shape index (κ1) is 8.05. The van der Waals surface area contributed by atoms with Gasteiger partial charge < -0.3 is 4.74 Å². The fraction of sp³-hybridized carbons (Fsp3) is 0.182. The number of hydrogen-bond donors (Lipinski definition) is 0. The monoisotopic (exact) mass is 173 g/mol. The summed E-state index contributed by atoms with van der Waals surface area (Å²) in [4.78, 5) is 4.06. The summed E-state index contributed by atoms with van der Waals surface area (Å²) in [6, 6.07) is 8.02. The Bertz CT molecular complexity index is 412. The number of nitrogens with zero attached hydrogens (tertiary/aromatic N) is 1. The van der Waals surface area contributed by atoms with Crippen molar-refractivity contribution in [1.29, 1.82) is 0 Å². The topological polar surface area (TPSA) is 22.1 Å². The van der Waals surface area contributed by atoms with E-state index in [1.165, 1.54) is 5.39 Å². The second kappa shape index (κ2) is 3.44. The lowest BCUT2D eigenvalue weighted by Crippen LogP contribution is -1.90. The lowest BCUT2D eigenvalue weighted by molar-refractivity contribution is 0.341. The molecule has 0 radical (unpaired) electrons. The highest BCUT2D eigenvalue weighted by atomic mass is 16.5. The van der Waals surface area contributed by atoms with Gasteiger partial charge in [-0.05, 0) is 30.5 Å². The van der Waals surface area contributed by atoms with Gasteiger partial charge >= 0.3 is 0 Å². The van der Waals surface area contributed by atoms with Crippen molar-refractivity contribution in [3.05, 3.63) is 36.7 Å². The molecule has 0 bridgehead atoms. The number of benzene rings is 1. The van der Waals surface area contributed by atoms with Crippen LogP contribution in [0.1, 0.15) is 6.92 Å². The zero-order chi connectivity index (χ0) is 9.10. The first-order valence-corrected chi connectivity index (χ1v) is 4.37. The van der Waals surface area contributed by atoms with Gasteiger partial charge in [0.05, 0.1) is 6.61 Å². The van der Waals surface area contributed by atoms with Crippen LogP contribution in [-0.2, 0) is 0 Å². The molecule has 0 unspecified atom stereocenters. The average Bonchev–Trinajstić information content (AvgIpc) is 2.18. The zero-order valence-electron chi connectivity index (χ0n) is 7.53. The summed E-state index contributed by atoms with van der Waals surface area (Å²) < 4.78 is 5.39. The van der Waals surface area contributed by atoms with Gasteiger partial charge in [-0.1, -0.05) is 6.07 Å². The second-order valence-corrected chi connectivity index (χ2v) is 2.82. The molecule has 1 aromatic carbocycles. The number of ether oxygens (including phenoxy) is 1. The molecule has 0 aliphatic heterocycles. The molecule has 2 nitrogen and oxygen atoms in total. The Morgan fingerprint density at radius 3 is 3.00 bits per heavy atom. The highest BCUT2D eigenvalue weighted by molar-refractivity contribution is 5.82. The van der Waals surface area contributed by atoms with Crippen LogP contribution < -0.4 is 4.74 Å². The van der Waals surface area contributed by atoms with E-state index in [0.717, 1.165) is 11.1 Å². The van der Waals surface area contributed by atoms with Crippen molar-refractivity contribution in [2.75, 3.05) is 6.61 Å². The van der Waals surface area contributed by atoms with Gasteiger partial charge in [-0.3, -0.25) is 4.98 Å². The largest absolute Gasteiger partial charge is 0.494 e. The summed E-state index contributed by atoms with van der Waals surface area (Å²) in [5.41, 5.74) is 0. The SMILES string of the molecule is CCOc1ccc2ccncc2c1. The van der Waals surface area contributed by atoms with Crippen LogP contribution >= 0.6 is 0 Å². The van der Waals surface area contributed by atoms with Gasteiger partial charge in [-0.15, -0.1) is 0 Å². The highest BCUT2D eigenvalue weighted by Crippen LogP contribution is 2.19. The van der Waals surface area contributed by atoms with Crippen molar-refractivity contribution in [3.8, 4) is 5.75 Å². The van der Waals surface area contributed by atoms with Crippen LogP contribution in [0.3, 0.4) is 0 Å². The maximum absolute atomic E-state index is 5.39. The van der Waals surface area contributed by atoms with E-state index < -0.39 is 0 Å². The first-order valence-electron chi connectivity index (χ1n) is 4.37. The van der Waals surface area contributed by atoms with E-state index in [1.807, 2.05) is 37.4 Å². The summed E-state index contributed by atoms with van der Waals surface area (Å²) in [5, 5.41) is 2.31. The molecule has 66 valence electrons. The van der Waals surface area contributed by atoms with Crippen molar-refractivity contribution in [1.82, 2.24) is 4.98 Å². The minimum atomic E-state index is 0.700. The van der Waals surface area contributed by atoms with Crippen LogP contribution in [0.5, 0.6) is 5.75 Å². The van der Waals surface area contributed by atoms with Gasteiger partial charge in [0.2, 0.25) is 0 Å². The van der Waals surface area contributed by atoms with Crippen LogP contribution in [0.25, 0.3) is 10.8 Å². The van der Waals surface area contributed by atoms with Gasteiger partial charge in [0, 0.05) is 17.8 Å². The molecule has 0 amide bonds. The van der Waals surface area contributed by atoms with Gasteiger partial charge in [-0.2, -0.15) is 0 Å². The fourth-order valence-electron chi connectivity index (χ4n) is 1.32. The average molecular weight is 173 g/mol. The van der Waals surface area contributed by atoms with E-state index in [4.69, 9.17) is 4.74 Å². The Morgan fingerprint density at radius 2 is 2.15 bits per heavy atom. The molecule has 0 saturated heterocycles. The Balaban J connectivity index is 2.49. The summed E-state index contributed by atoms with van der Waals surface area (Å²) in [6.07, 6.45) is 3.64. The van der Waals surface area contributed by atoms with Crippen LogP contribution in [-0.4, -0.2) is 11.6 Å². The molecule has 0 aliphatic carbocycles. The quantitative estimate of drug-likeness (QED) is 0.696. The second-order valence-electron chi connectivity index (χ2n) is 2.82. The van der Waals surface area contributed by atoms with E-state index in [1.54, 1.807) is 6.20 Å². The van der Waals surface area contributed by atoms with Gasteiger partial charge in [0.25, 0.3) is 0 Å². The maximum atomic E-state index is 5.39. The molecular weight excluding hydrogens is 162 g/mol. The Kier molecular flexibility index (Phi) is 2.13. The highest BCUT2D eigenvalue weighted by Gasteiger charge is 1.95. The lowest BCUT2D eigenvalue weighted by atomic mass is 10.2. The van der Waals surface area contributed by atoms with Gasteiger partial charge in [-0.25, -0.2) is 0 Å². The minimum Gasteiger partial charge on any atom is -0.494 e. The van der Waals surface area contributed by atoms with E-state index in [2.05, 4.69) is 4.98 Å². The Morgan fingerprint density at radius 1 is 1.23 bits per heavy atom. The molecule has 13 heavy (non-hydrogen) atoms. The van der Waals surface area contributed by atoms with Crippen molar-refractivity contribution in [2.45, 2.75) is 6.92 Å². The molecule has 2 heteroatoms. The summed E-state index contributed by atoms with van der Waals surface area (Å²) in [5.74, 6) is 0.906. The third-order valence-electron chi connectivity index (χ3n) is 1.92. The first-order chi connectivity index (χ1) is 6.40. The molecule has 0 fully saturated rings. The smallest absolute Gasteiger partial charge is 0.119 e. The summed E-state index contributed by atoms with van der Waals surface area (Å²) in [6.45, 7) is 2.68. The predicted octanol–water partition coefficient (Wildman–Crippen LogP) is 2.63. The molecule has 1 heterocycles. The molecule has 0 saturated carbocycles. The normalized spacial score (nSPS) is 10.2. The molecule has 0 atom stereocenters. The van der Waals surface area contributed by atoms with Crippen molar-refractivity contribution < 1.29 is 4.74 Å². The van der Waals surface area contributed by atoms with Crippen molar-refractivity contribution in [3.63, 3.8) is 0 Å². The summed E-state index contributed by atoms with van der Waals surface area (Å²) in [7, 11) is 0. The van der Waals surface area contributed by atoms with Crippen LogP contribution in [0.4, 0.5) is 0 Å². The maximum Gasteiger partial charge on any atom is 0.119 e. The Labute approximate surface area is 77.2 Å². The number of hydrogen-bond acceptors (Lipinski definition) is 2. The standard InChI is InChI=1S/C11H11NO/c1-2-13-11-4-3-9-5-6-12-8-10(9)7-11/h3-8H,2H2,1H3. The van der Waals surface area contributed by atoms with Crippen LogP contribution in [0, 0.1) is 0 Å². The van der Waals surface area contributed by atoms with E-state index >= 15 is 0 Å². The van der Waals surface area contributed by atoms with E-state index in [-0.39, 0.29) is 0 Å². The van der Waals surface area contributed by atoms with Crippen LogP contribution in [0.15, 0.2) is 36.7 Å². The van der Waals surface area contributed by atoms with E-state index in [9.17, 15) is 0 Å². The fourth-order valence-corrected chi connectivity index (χ4v) is 1.32. The van der Waals surface area contributed by atoms with Gasteiger partial charge in [0.1, 0.15) is 5.75 Å². The predicted molar refractivity (Wildman–Crippen MR) is 52.9 cm³/mol. The van der Waals surface area contributed by atoms with Crippen molar-refractivity contribution in [2.24, 2.45) is 0 Å². The van der Waals surface area contributed by atoms with Crippen LogP contribution in [0.2, 0.25) is 0 Å². The van der Waals surface area contributed by atoms with Crippen molar-refractivity contribution >= 4 is 10.8 Å². The third kappa shape index (κ3) is 1.61. The number of fused-ring (bicyclic) bond motifs is 1. The number of aromatic nitrogens is 1. The molecule has 2 rings (SSSR count). The molecule has 0 N–H and O–H groups in total. The minimum absolute atomic E-state index is 0.700. The molecular formula is C11H11NO. The molecule has 0 spiro atoms. The molecule has 1 aromatic heterocycles. The summed E-state index contributed by atoms with van der Waals surface area (Å²) >= 11 is 0. The third-order valence-corrected chi connectivity index (χ3v) is 1.92. The van der Waals surface area contributed by atoms with Gasteiger partial charge in [0.15, 0.2) is 0 Å². The molecule has 0 aliphatic rings. The number of pyridine rings is 1. The number of rotatable bonds is 2.